The molecule has 1 N–H and O–H groups in total. The molecular weight excluding hydrogens is 396 g/mol. The molecular formula is C23H30N4O2S. The molecule has 30 heavy (non-hydrogen) atoms. The highest BCUT2D eigenvalue weighted by Crippen LogP contribution is 2.37. The van der Waals surface area contributed by atoms with Gasteiger partial charge in [0.2, 0.25) is 0 Å². The van der Waals surface area contributed by atoms with Crippen LogP contribution in [0.4, 0.5) is 0 Å². The molecule has 0 spiro atoms. The van der Waals surface area contributed by atoms with Gasteiger partial charge in [-0.05, 0) is 50.9 Å². The summed E-state index contributed by atoms with van der Waals surface area (Å²) in [6.07, 6.45) is 5.06. The molecule has 3 aromatic rings. The lowest BCUT2D eigenvalue weighted by molar-refractivity contribution is 0.0206. The van der Waals surface area contributed by atoms with Gasteiger partial charge >= 0.3 is 0 Å². The van der Waals surface area contributed by atoms with Crippen molar-refractivity contribution in [2.24, 2.45) is 7.05 Å². The van der Waals surface area contributed by atoms with E-state index in [1.807, 2.05) is 55.2 Å². The molecule has 1 fully saturated rings. The van der Waals surface area contributed by atoms with Gasteiger partial charge in [-0.3, -0.25) is 9.58 Å². The number of para-hydroxylation sites is 1. The number of aliphatic hydroxyl groups is 1. The molecule has 1 unspecified atom stereocenters. The van der Waals surface area contributed by atoms with Crippen LogP contribution in [0.3, 0.4) is 0 Å². The Labute approximate surface area is 182 Å². The van der Waals surface area contributed by atoms with Gasteiger partial charge in [0.15, 0.2) is 0 Å². The Bertz CT molecular complexity index is 955. The SMILES string of the molecule is Cc1nc(C2(O)CCCN(Cc3ccnn3C)CC2)sc1CCOc1ccccc1. The molecule has 1 aliphatic heterocycles. The predicted molar refractivity (Wildman–Crippen MR) is 119 cm³/mol. The molecule has 2 aromatic heterocycles. The summed E-state index contributed by atoms with van der Waals surface area (Å²) in [4.78, 5) is 8.37. The lowest BCUT2D eigenvalue weighted by Crippen LogP contribution is -2.29. The normalized spacial score (nSPS) is 20.2. The van der Waals surface area contributed by atoms with Gasteiger partial charge in [-0.25, -0.2) is 4.98 Å². The van der Waals surface area contributed by atoms with E-state index in [-0.39, 0.29) is 0 Å². The van der Waals surface area contributed by atoms with Crippen LogP contribution in [0, 0.1) is 6.92 Å². The highest BCUT2D eigenvalue weighted by atomic mass is 32.1. The molecule has 3 heterocycles. The van der Waals surface area contributed by atoms with E-state index in [1.54, 1.807) is 11.3 Å². The van der Waals surface area contributed by atoms with Crippen LogP contribution in [0.15, 0.2) is 42.6 Å². The summed E-state index contributed by atoms with van der Waals surface area (Å²) in [6.45, 7) is 5.35. The summed E-state index contributed by atoms with van der Waals surface area (Å²) in [6, 6.07) is 11.9. The first-order valence-electron chi connectivity index (χ1n) is 10.6. The van der Waals surface area contributed by atoms with Crippen LogP contribution < -0.4 is 4.74 Å². The number of likely N-dealkylation sites (tertiary alicyclic amines) is 1. The summed E-state index contributed by atoms with van der Waals surface area (Å²) < 4.78 is 7.76. The number of ether oxygens (including phenoxy) is 1. The van der Waals surface area contributed by atoms with E-state index in [9.17, 15) is 5.11 Å². The second-order valence-corrected chi connectivity index (χ2v) is 9.13. The van der Waals surface area contributed by atoms with Crippen LogP contribution in [0.25, 0.3) is 0 Å². The van der Waals surface area contributed by atoms with Gasteiger partial charge in [0, 0.05) is 37.6 Å². The van der Waals surface area contributed by atoms with E-state index in [4.69, 9.17) is 9.72 Å². The molecule has 0 aliphatic carbocycles. The third-order valence-electron chi connectivity index (χ3n) is 5.85. The Morgan fingerprint density at radius 2 is 2.00 bits per heavy atom. The largest absolute Gasteiger partial charge is 0.493 e. The molecule has 7 heteroatoms. The lowest BCUT2D eigenvalue weighted by atomic mass is 9.96. The van der Waals surface area contributed by atoms with Crippen molar-refractivity contribution in [3.63, 3.8) is 0 Å². The minimum Gasteiger partial charge on any atom is -0.493 e. The van der Waals surface area contributed by atoms with Crippen molar-refractivity contribution in [3.8, 4) is 5.75 Å². The van der Waals surface area contributed by atoms with Gasteiger partial charge in [0.25, 0.3) is 0 Å². The van der Waals surface area contributed by atoms with Gasteiger partial charge in [-0.1, -0.05) is 18.2 Å². The van der Waals surface area contributed by atoms with E-state index in [0.717, 1.165) is 55.3 Å². The van der Waals surface area contributed by atoms with E-state index < -0.39 is 5.60 Å². The molecule has 1 aliphatic rings. The molecule has 0 radical (unpaired) electrons. The minimum absolute atomic E-state index is 0.614. The number of thiazole rings is 1. The first kappa shape index (κ1) is 21.0. The van der Waals surface area contributed by atoms with Crippen LogP contribution in [0.5, 0.6) is 5.75 Å². The van der Waals surface area contributed by atoms with Crippen molar-refractivity contribution in [3.05, 3.63) is 63.9 Å². The average molecular weight is 427 g/mol. The van der Waals surface area contributed by atoms with Gasteiger partial charge in [-0.15, -0.1) is 11.3 Å². The van der Waals surface area contributed by atoms with E-state index in [0.29, 0.717) is 13.0 Å². The summed E-state index contributed by atoms with van der Waals surface area (Å²) in [5.41, 5.74) is 1.37. The third-order valence-corrected chi connectivity index (χ3v) is 7.26. The third kappa shape index (κ3) is 4.91. The van der Waals surface area contributed by atoms with Gasteiger partial charge in [-0.2, -0.15) is 5.10 Å². The van der Waals surface area contributed by atoms with Crippen LogP contribution in [-0.4, -0.2) is 44.5 Å². The van der Waals surface area contributed by atoms with E-state index in [2.05, 4.69) is 16.1 Å². The number of nitrogens with zero attached hydrogens (tertiary/aromatic N) is 4. The van der Waals surface area contributed by atoms with Crippen LogP contribution >= 0.6 is 11.3 Å². The summed E-state index contributed by atoms with van der Waals surface area (Å²) in [5, 5.41) is 16.6. The predicted octanol–water partition coefficient (Wildman–Crippen LogP) is 3.68. The summed E-state index contributed by atoms with van der Waals surface area (Å²) in [5.74, 6) is 0.885. The number of hydrogen-bond acceptors (Lipinski definition) is 6. The van der Waals surface area contributed by atoms with Crippen LogP contribution in [0.2, 0.25) is 0 Å². The number of aryl methyl sites for hydroxylation is 2. The first-order chi connectivity index (χ1) is 14.5. The zero-order valence-corrected chi connectivity index (χ0v) is 18.6. The Morgan fingerprint density at radius 3 is 2.77 bits per heavy atom. The van der Waals surface area contributed by atoms with Gasteiger partial charge < -0.3 is 9.84 Å². The molecule has 0 amide bonds. The fourth-order valence-corrected chi connectivity index (χ4v) is 5.16. The Hall–Kier alpha value is -2.22. The minimum atomic E-state index is -0.838. The topological polar surface area (TPSA) is 63.4 Å². The Kier molecular flexibility index (Phi) is 6.51. The van der Waals surface area contributed by atoms with Gasteiger partial charge in [0.1, 0.15) is 16.4 Å². The highest BCUT2D eigenvalue weighted by molar-refractivity contribution is 7.11. The standard InChI is InChI=1S/C23H30N4O2S/c1-18-21(10-16-29-20-7-4-3-5-8-20)30-22(25-18)23(28)11-6-14-27(15-12-23)17-19-9-13-24-26(19)2/h3-5,7-9,13,28H,6,10-12,14-17H2,1-2H3. The molecule has 1 aromatic carbocycles. The van der Waals surface area contributed by atoms with Crippen molar-refractivity contribution in [1.29, 1.82) is 0 Å². The highest BCUT2D eigenvalue weighted by Gasteiger charge is 2.35. The molecule has 160 valence electrons. The fourth-order valence-electron chi connectivity index (χ4n) is 3.97. The number of benzene rings is 1. The van der Waals surface area contributed by atoms with E-state index in [1.165, 1.54) is 10.6 Å². The zero-order chi connectivity index (χ0) is 21.0. The van der Waals surface area contributed by atoms with Crippen molar-refractivity contribution in [2.45, 2.75) is 44.8 Å². The van der Waals surface area contributed by atoms with Crippen molar-refractivity contribution >= 4 is 11.3 Å². The first-order valence-corrected chi connectivity index (χ1v) is 11.4. The number of hydrogen-bond donors (Lipinski definition) is 1. The smallest absolute Gasteiger partial charge is 0.125 e. The Morgan fingerprint density at radius 1 is 1.17 bits per heavy atom. The fraction of sp³-hybridized carbons (Fsp3) is 0.478. The maximum Gasteiger partial charge on any atom is 0.125 e. The van der Waals surface area contributed by atoms with Crippen LogP contribution in [0.1, 0.15) is 40.5 Å². The molecule has 4 rings (SSSR count). The number of rotatable bonds is 7. The Balaban J connectivity index is 1.37. The van der Waals surface area contributed by atoms with Crippen molar-refractivity contribution in [1.82, 2.24) is 19.7 Å². The van der Waals surface area contributed by atoms with Crippen molar-refractivity contribution < 1.29 is 9.84 Å². The summed E-state index contributed by atoms with van der Waals surface area (Å²) in [7, 11) is 1.98. The molecule has 0 bridgehead atoms. The molecule has 6 nitrogen and oxygen atoms in total. The quantitative estimate of drug-likeness (QED) is 0.624. The maximum absolute atomic E-state index is 11.4. The molecule has 1 atom stereocenters. The second kappa shape index (κ2) is 9.29. The van der Waals surface area contributed by atoms with Gasteiger partial charge in [0.05, 0.1) is 18.0 Å². The van der Waals surface area contributed by atoms with E-state index >= 15 is 0 Å². The lowest BCUT2D eigenvalue weighted by Gasteiger charge is -2.24. The van der Waals surface area contributed by atoms with Crippen molar-refractivity contribution in [2.75, 3.05) is 19.7 Å². The monoisotopic (exact) mass is 426 g/mol. The molecule has 0 saturated carbocycles. The maximum atomic E-state index is 11.4. The van der Waals surface area contributed by atoms with Crippen LogP contribution in [-0.2, 0) is 25.6 Å². The second-order valence-electron chi connectivity index (χ2n) is 8.05. The molecule has 1 saturated heterocycles. The number of aromatic nitrogens is 3. The zero-order valence-electron chi connectivity index (χ0n) is 17.8. The average Bonchev–Trinajstić information content (AvgIpc) is 3.26. The summed E-state index contributed by atoms with van der Waals surface area (Å²) >= 11 is 1.64.